The van der Waals surface area contributed by atoms with E-state index in [0.717, 1.165) is 32.1 Å². The molecule has 0 fully saturated rings. The number of aliphatic hydroxyl groups excluding tert-OH is 2. The van der Waals surface area contributed by atoms with Crippen LogP contribution in [0.3, 0.4) is 0 Å². The predicted molar refractivity (Wildman–Crippen MR) is 272 cm³/mol. The smallest absolute Gasteiger partial charge is 0.220 e. The van der Waals surface area contributed by atoms with E-state index in [1.165, 1.54) is 257 Å². The van der Waals surface area contributed by atoms with Crippen LogP contribution in [-0.4, -0.2) is 34.9 Å². The minimum atomic E-state index is -0.654. The third-order valence-electron chi connectivity index (χ3n) is 13.2. The molecule has 0 aromatic heterocycles. The van der Waals surface area contributed by atoms with Gasteiger partial charge in [-0.1, -0.05) is 289 Å². The van der Waals surface area contributed by atoms with Crippen LogP contribution >= 0.6 is 0 Å². The van der Waals surface area contributed by atoms with Gasteiger partial charge in [-0.15, -0.1) is 0 Å². The minimum Gasteiger partial charge on any atom is -0.394 e. The maximum Gasteiger partial charge on any atom is 0.220 e. The Bertz CT molecular complexity index is 886. The fraction of sp³-hybridized carbons (Fsp3) is 0.912. The molecule has 4 nitrogen and oxygen atoms in total. The monoisotopic (exact) mass is 858 g/mol. The van der Waals surface area contributed by atoms with E-state index in [2.05, 4.69) is 43.5 Å². The summed E-state index contributed by atoms with van der Waals surface area (Å²) in [5.74, 6) is -0.0271. The number of unbranched alkanes of at least 4 members (excludes halogenated alkanes) is 41. The Hall–Kier alpha value is -1.13. The fourth-order valence-electron chi connectivity index (χ4n) is 8.92. The molecule has 3 N–H and O–H groups in total. The highest BCUT2D eigenvalue weighted by atomic mass is 16.3. The Morgan fingerprint density at radius 2 is 0.672 bits per heavy atom. The average molecular weight is 859 g/mol. The van der Waals surface area contributed by atoms with Gasteiger partial charge >= 0.3 is 0 Å². The zero-order valence-electron chi connectivity index (χ0n) is 41.7. The van der Waals surface area contributed by atoms with Gasteiger partial charge in [-0.05, 0) is 44.9 Å². The van der Waals surface area contributed by atoms with Crippen LogP contribution in [0.25, 0.3) is 0 Å². The molecule has 0 aromatic rings. The number of hydrogen-bond donors (Lipinski definition) is 3. The molecule has 61 heavy (non-hydrogen) atoms. The van der Waals surface area contributed by atoms with Gasteiger partial charge in [0.2, 0.25) is 5.91 Å². The van der Waals surface area contributed by atoms with Gasteiger partial charge in [-0.2, -0.15) is 0 Å². The van der Waals surface area contributed by atoms with Gasteiger partial charge in [-0.3, -0.25) is 4.79 Å². The van der Waals surface area contributed by atoms with E-state index in [1.54, 1.807) is 0 Å². The van der Waals surface area contributed by atoms with Crippen LogP contribution in [0.1, 0.15) is 316 Å². The molecule has 0 aliphatic heterocycles. The normalized spacial score (nSPS) is 12.9. The largest absolute Gasteiger partial charge is 0.394 e. The summed E-state index contributed by atoms with van der Waals surface area (Å²) in [7, 11) is 0. The lowest BCUT2D eigenvalue weighted by Crippen LogP contribution is -2.45. The van der Waals surface area contributed by atoms with E-state index >= 15 is 0 Å². The molecule has 0 saturated heterocycles. The lowest BCUT2D eigenvalue weighted by atomic mass is 10.0. The molecule has 2 atom stereocenters. The Balaban J connectivity index is 3.32. The summed E-state index contributed by atoms with van der Waals surface area (Å²) >= 11 is 0. The Labute approximate surface area is 383 Å². The Morgan fingerprint density at radius 1 is 0.393 bits per heavy atom. The van der Waals surface area contributed by atoms with Crippen molar-refractivity contribution in [2.75, 3.05) is 6.61 Å². The quantitative estimate of drug-likeness (QED) is 0.0422. The maximum atomic E-state index is 12.4. The highest BCUT2D eigenvalue weighted by Crippen LogP contribution is 2.18. The Kier molecular flexibility index (Phi) is 52.2. The predicted octanol–water partition coefficient (Wildman–Crippen LogP) is 18.3. The molecule has 0 heterocycles. The average Bonchev–Trinajstić information content (AvgIpc) is 3.26. The number of amides is 1. The van der Waals surface area contributed by atoms with Crippen molar-refractivity contribution in [1.82, 2.24) is 5.32 Å². The fourth-order valence-corrected chi connectivity index (χ4v) is 8.92. The number of carbonyl (C=O) groups is 1. The van der Waals surface area contributed by atoms with Gasteiger partial charge in [0.15, 0.2) is 0 Å². The van der Waals surface area contributed by atoms with E-state index in [-0.39, 0.29) is 12.5 Å². The molecular formula is C57H111NO3. The molecule has 0 spiro atoms. The van der Waals surface area contributed by atoms with E-state index in [4.69, 9.17) is 0 Å². The van der Waals surface area contributed by atoms with Gasteiger partial charge in [0.05, 0.1) is 18.8 Å². The van der Waals surface area contributed by atoms with Gasteiger partial charge in [0.25, 0.3) is 0 Å². The summed E-state index contributed by atoms with van der Waals surface area (Å²) in [4.78, 5) is 12.4. The molecule has 0 aliphatic carbocycles. The van der Waals surface area contributed by atoms with Crippen LogP contribution < -0.4 is 5.32 Å². The minimum absolute atomic E-state index is 0.0271. The van der Waals surface area contributed by atoms with Crippen molar-refractivity contribution in [3.63, 3.8) is 0 Å². The summed E-state index contributed by atoms with van der Waals surface area (Å²) in [5, 5.41) is 23.1. The van der Waals surface area contributed by atoms with Crippen molar-refractivity contribution in [2.24, 2.45) is 0 Å². The maximum absolute atomic E-state index is 12.4. The number of hydrogen-bond acceptors (Lipinski definition) is 3. The topological polar surface area (TPSA) is 69.6 Å². The van der Waals surface area contributed by atoms with Crippen molar-refractivity contribution in [1.29, 1.82) is 0 Å². The SMILES string of the molecule is CCCCCCC/C=C\C/C=C\CCCCCCCCCCCCCCCCCCCCCCCCCCCCCC(=O)NC(CO)C(O)CCCCCCCCCCCC. The van der Waals surface area contributed by atoms with E-state index in [0.29, 0.717) is 12.8 Å². The number of carbonyl (C=O) groups excluding carboxylic acids is 1. The van der Waals surface area contributed by atoms with E-state index in [9.17, 15) is 15.0 Å². The highest BCUT2D eigenvalue weighted by molar-refractivity contribution is 5.76. The lowest BCUT2D eigenvalue weighted by molar-refractivity contribution is -0.123. The summed E-state index contributed by atoms with van der Waals surface area (Å²) in [6.45, 7) is 4.35. The number of allylic oxidation sites excluding steroid dienone is 4. The molecule has 0 radical (unpaired) electrons. The van der Waals surface area contributed by atoms with Crippen LogP contribution in [0.15, 0.2) is 24.3 Å². The molecule has 1 amide bonds. The summed E-state index contributed by atoms with van der Waals surface area (Å²) < 4.78 is 0. The van der Waals surface area contributed by atoms with Crippen molar-refractivity contribution < 1.29 is 15.0 Å². The van der Waals surface area contributed by atoms with Gasteiger partial charge in [0, 0.05) is 6.42 Å². The van der Waals surface area contributed by atoms with Crippen LogP contribution in [0.4, 0.5) is 0 Å². The van der Waals surface area contributed by atoms with E-state index < -0.39 is 12.1 Å². The molecule has 4 heteroatoms. The molecule has 362 valence electrons. The van der Waals surface area contributed by atoms with Crippen molar-refractivity contribution in [2.45, 2.75) is 328 Å². The first-order valence-corrected chi connectivity index (χ1v) is 28.0. The van der Waals surface area contributed by atoms with Crippen molar-refractivity contribution in [3.05, 3.63) is 24.3 Å². The zero-order valence-corrected chi connectivity index (χ0v) is 41.7. The highest BCUT2D eigenvalue weighted by Gasteiger charge is 2.20. The lowest BCUT2D eigenvalue weighted by Gasteiger charge is -2.22. The number of aliphatic hydroxyl groups is 2. The molecular weight excluding hydrogens is 747 g/mol. The first-order valence-electron chi connectivity index (χ1n) is 28.0. The summed E-state index contributed by atoms with van der Waals surface area (Å²) in [5.41, 5.74) is 0. The van der Waals surface area contributed by atoms with Crippen molar-refractivity contribution >= 4 is 5.91 Å². The van der Waals surface area contributed by atoms with E-state index in [1.807, 2.05) is 0 Å². The Morgan fingerprint density at radius 3 is 0.984 bits per heavy atom. The summed E-state index contributed by atoms with van der Waals surface area (Å²) in [6.07, 6.45) is 70.5. The first kappa shape index (κ1) is 59.9. The van der Waals surface area contributed by atoms with Crippen LogP contribution in [0.5, 0.6) is 0 Å². The number of nitrogens with one attached hydrogen (secondary N) is 1. The molecule has 0 aromatic carbocycles. The molecule has 0 aliphatic rings. The molecule has 0 rings (SSSR count). The molecule has 0 saturated carbocycles. The second kappa shape index (κ2) is 53.2. The van der Waals surface area contributed by atoms with Gasteiger partial charge in [-0.25, -0.2) is 0 Å². The molecule has 0 bridgehead atoms. The summed E-state index contributed by atoms with van der Waals surface area (Å²) in [6, 6.07) is -0.531. The van der Waals surface area contributed by atoms with Gasteiger partial charge in [0.1, 0.15) is 0 Å². The third kappa shape index (κ3) is 49.7. The van der Waals surface area contributed by atoms with Crippen LogP contribution in [0, 0.1) is 0 Å². The van der Waals surface area contributed by atoms with Crippen LogP contribution in [-0.2, 0) is 4.79 Å². The standard InChI is InChI=1S/C57H111NO3/c1-3-5-7-9-11-13-15-16-17-18-19-20-21-22-23-24-25-26-27-28-29-30-31-32-33-34-35-36-37-38-39-40-41-42-43-45-47-49-51-53-57(61)58-55(54-59)56(60)52-50-48-46-44-14-12-10-8-6-4-2/h15-16,18-19,55-56,59-60H,3-14,17,20-54H2,1-2H3,(H,58,61)/b16-15-,19-18-. The second-order valence-corrected chi connectivity index (χ2v) is 19.4. The van der Waals surface area contributed by atoms with Crippen LogP contribution in [0.2, 0.25) is 0 Å². The van der Waals surface area contributed by atoms with Crippen molar-refractivity contribution in [3.8, 4) is 0 Å². The zero-order chi connectivity index (χ0) is 44.2. The van der Waals surface area contributed by atoms with Gasteiger partial charge < -0.3 is 15.5 Å². The third-order valence-corrected chi connectivity index (χ3v) is 13.2. The second-order valence-electron chi connectivity index (χ2n) is 19.4. The molecule has 2 unspecified atom stereocenters. The first-order chi connectivity index (χ1) is 30.2. The number of rotatable bonds is 52.